The first-order valence-corrected chi connectivity index (χ1v) is 17.2. The molecule has 4 fully saturated rings. The summed E-state index contributed by atoms with van der Waals surface area (Å²) in [6.45, 7) is 7.88. The molecule has 44 heavy (non-hydrogen) atoms. The second-order valence-electron chi connectivity index (χ2n) is 14.7. The van der Waals surface area contributed by atoms with Crippen molar-refractivity contribution in [3.05, 3.63) is 41.1 Å². The lowest BCUT2D eigenvalue weighted by atomic mass is 9.82. The number of aromatic hydroxyl groups is 2. The molecular weight excluding hydrogens is 552 g/mol. The molecule has 4 heterocycles. The van der Waals surface area contributed by atoms with Gasteiger partial charge in [-0.1, -0.05) is 31.5 Å². The molecule has 2 aliphatic heterocycles. The topological polar surface area (TPSA) is 101 Å². The second-order valence-corrected chi connectivity index (χ2v) is 14.7. The Labute approximate surface area is 260 Å². The molecule has 2 saturated carbocycles. The number of likely N-dealkylation sites (tertiary alicyclic amines) is 2. The van der Waals surface area contributed by atoms with Crippen LogP contribution in [0.1, 0.15) is 92.9 Å². The van der Waals surface area contributed by atoms with E-state index in [9.17, 15) is 15.0 Å². The van der Waals surface area contributed by atoms with E-state index in [4.69, 9.17) is 0 Å². The Morgan fingerprint density at radius 2 is 1.61 bits per heavy atom. The molecule has 9 heteroatoms. The number of carbonyl (C=O) groups is 1. The van der Waals surface area contributed by atoms with Gasteiger partial charge in [-0.05, 0) is 87.8 Å². The maximum absolute atomic E-state index is 13.3. The van der Waals surface area contributed by atoms with Gasteiger partial charge in [-0.25, -0.2) is 4.79 Å². The zero-order chi connectivity index (χ0) is 30.1. The summed E-state index contributed by atoms with van der Waals surface area (Å²) in [5.41, 5.74) is 4.23. The molecule has 2 amide bonds. The number of hydrogen-bond acceptors (Lipinski definition) is 5. The number of aromatic amines is 1. The summed E-state index contributed by atoms with van der Waals surface area (Å²) in [4.78, 5) is 19.9. The number of rotatable bonds is 6. The first-order chi connectivity index (χ1) is 21.4. The standard InChI is InChI=1S/C35H48N6O3/c1-21-26-18-27(32(21)38(2)35(44)40-14-5-6-15-40)30-29(26)33(42)41(34(30)43)20-24-9-7-8-23(24)19-39-16-12-22(13-17-39)31-25-10-3-4-11-28(25)36-37-31/h3-4,10-11,21-24,26-27,32,42-43H,5-9,12-20H2,1-2H3,(H,36,37)/t21?,23-,24-,26?,27?,32?/m1/s1. The normalized spacial score (nSPS) is 30.5. The van der Waals surface area contributed by atoms with Crippen LogP contribution in [0.2, 0.25) is 0 Å². The van der Waals surface area contributed by atoms with Crippen LogP contribution in [-0.2, 0) is 6.54 Å². The zero-order valence-electron chi connectivity index (χ0n) is 26.3. The molecule has 5 aliphatic rings. The van der Waals surface area contributed by atoms with Gasteiger partial charge in [0.15, 0.2) is 11.8 Å². The van der Waals surface area contributed by atoms with Crippen molar-refractivity contribution in [2.75, 3.05) is 39.8 Å². The molecule has 0 spiro atoms. The smallest absolute Gasteiger partial charge is 0.320 e. The number of nitrogens with one attached hydrogen (secondary N) is 1. The Balaban J connectivity index is 0.938. The van der Waals surface area contributed by atoms with Gasteiger partial charge < -0.3 is 24.9 Å². The van der Waals surface area contributed by atoms with Crippen LogP contribution < -0.4 is 0 Å². The molecule has 8 rings (SSSR count). The molecule has 0 radical (unpaired) electrons. The van der Waals surface area contributed by atoms with Gasteiger partial charge in [0.05, 0.1) is 5.52 Å². The third-order valence-electron chi connectivity index (χ3n) is 12.5. The summed E-state index contributed by atoms with van der Waals surface area (Å²) in [6.07, 6.45) is 8.92. The Kier molecular flexibility index (Phi) is 7.07. The third kappa shape index (κ3) is 4.44. The lowest BCUT2D eigenvalue weighted by molar-refractivity contribution is 0.137. The fraction of sp³-hybridized carbons (Fsp3) is 0.657. The zero-order valence-corrected chi connectivity index (χ0v) is 26.3. The van der Waals surface area contributed by atoms with Crippen molar-refractivity contribution in [1.82, 2.24) is 29.5 Å². The highest BCUT2D eigenvalue weighted by Gasteiger charge is 2.56. The van der Waals surface area contributed by atoms with Gasteiger partial charge in [0, 0.05) is 73.3 Å². The minimum Gasteiger partial charge on any atom is -0.494 e. The lowest BCUT2D eigenvalue weighted by Crippen LogP contribution is -2.48. The monoisotopic (exact) mass is 600 g/mol. The van der Waals surface area contributed by atoms with E-state index in [0.717, 1.165) is 87.9 Å². The first-order valence-electron chi connectivity index (χ1n) is 17.2. The van der Waals surface area contributed by atoms with E-state index in [1.165, 1.54) is 23.9 Å². The number of nitrogens with zero attached hydrogens (tertiary/aromatic N) is 5. The van der Waals surface area contributed by atoms with Crippen LogP contribution in [0.5, 0.6) is 11.8 Å². The van der Waals surface area contributed by atoms with Gasteiger partial charge >= 0.3 is 6.03 Å². The van der Waals surface area contributed by atoms with Gasteiger partial charge in [0.1, 0.15) is 0 Å². The van der Waals surface area contributed by atoms with Crippen LogP contribution in [0.25, 0.3) is 10.9 Å². The van der Waals surface area contributed by atoms with Crippen LogP contribution in [0, 0.1) is 17.8 Å². The van der Waals surface area contributed by atoms with E-state index in [1.807, 2.05) is 27.5 Å². The summed E-state index contributed by atoms with van der Waals surface area (Å²) >= 11 is 0. The SMILES string of the molecule is CC1C2CC(c3c2c(O)n(C[C@H]2CCC[C@@H]2CN2CCC(c4[nH]nc5ccccc45)CC2)c3O)C1N(C)C(=O)N1CCCC1. The highest BCUT2D eigenvalue weighted by Crippen LogP contribution is 2.63. The van der Waals surface area contributed by atoms with E-state index >= 15 is 0 Å². The molecule has 9 nitrogen and oxygen atoms in total. The highest BCUT2D eigenvalue weighted by molar-refractivity contribution is 5.81. The average molecular weight is 601 g/mol. The Bertz CT molecular complexity index is 1530. The van der Waals surface area contributed by atoms with Crippen molar-refractivity contribution >= 4 is 16.9 Å². The fourth-order valence-corrected chi connectivity index (χ4v) is 10.2. The maximum atomic E-state index is 13.3. The van der Waals surface area contributed by atoms with Gasteiger partial charge in [-0.15, -0.1) is 0 Å². The summed E-state index contributed by atoms with van der Waals surface area (Å²) in [5, 5.41) is 32.3. The molecule has 2 bridgehead atoms. The highest BCUT2D eigenvalue weighted by atomic mass is 16.3. The molecule has 3 N–H and O–H groups in total. The van der Waals surface area contributed by atoms with Crippen LogP contribution in [0.3, 0.4) is 0 Å². The van der Waals surface area contributed by atoms with Crippen LogP contribution in [0.15, 0.2) is 24.3 Å². The van der Waals surface area contributed by atoms with Crippen molar-refractivity contribution in [2.24, 2.45) is 17.8 Å². The number of amides is 2. The molecule has 3 aromatic rings. The Morgan fingerprint density at radius 1 is 0.932 bits per heavy atom. The summed E-state index contributed by atoms with van der Waals surface area (Å²) in [6, 6.07) is 8.59. The third-order valence-corrected chi connectivity index (χ3v) is 12.5. The average Bonchev–Trinajstić information content (AvgIpc) is 3.89. The molecular formula is C35H48N6O3. The van der Waals surface area contributed by atoms with E-state index in [2.05, 4.69) is 40.2 Å². The predicted molar refractivity (Wildman–Crippen MR) is 170 cm³/mol. The molecule has 2 aromatic heterocycles. The van der Waals surface area contributed by atoms with Crippen molar-refractivity contribution in [2.45, 2.75) is 88.6 Å². The van der Waals surface area contributed by atoms with E-state index < -0.39 is 0 Å². The number of aromatic nitrogens is 3. The molecule has 6 atom stereocenters. The fourth-order valence-electron chi connectivity index (χ4n) is 10.2. The molecule has 2 saturated heterocycles. The predicted octanol–water partition coefficient (Wildman–Crippen LogP) is 5.81. The number of likely N-dealkylation sites (N-methyl/N-ethyl adjacent to an activating group) is 1. The maximum Gasteiger partial charge on any atom is 0.320 e. The number of urea groups is 1. The number of benzene rings is 1. The quantitative estimate of drug-likeness (QED) is 0.332. The summed E-state index contributed by atoms with van der Waals surface area (Å²) in [7, 11) is 1.94. The van der Waals surface area contributed by atoms with E-state index in [-0.39, 0.29) is 41.6 Å². The van der Waals surface area contributed by atoms with Gasteiger partial charge in [0.25, 0.3) is 0 Å². The second kappa shape index (κ2) is 11.0. The molecule has 3 aliphatic carbocycles. The van der Waals surface area contributed by atoms with Gasteiger partial charge in [-0.3, -0.25) is 9.67 Å². The van der Waals surface area contributed by atoms with Gasteiger partial charge in [-0.2, -0.15) is 5.10 Å². The van der Waals surface area contributed by atoms with Crippen LogP contribution in [-0.4, -0.2) is 91.5 Å². The molecule has 4 unspecified atom stereocenters. The van der Waals surface area contributed by atoms with Crippen molar-refractivity contribution in [1.29, 1.82) is 0 Å². The van der Waals surface area contributed by atoms with Crippen molar-refractivity contribution in [3.8, 4) is 11.8 Å². The molecule has 236 valence electrons. The Hall–Kier alpha value is -3.20. The Morgan fingerprint density at radius 3 is 2.36 bits per heavy atom. The van der Waals surface area contributed by atoms with Gasteiger partial charge in [0.2, 0.25) is 0 Å². The minimum atomic E-state index is 0.0589. The molecule has 1 aromatic carbocycles. The largest absolute Gasteiger partial charge is 0.494 e. The number of carbonyl (C=O) groups excluding carboxylic acids is 1. The number of para-hydroxylation sites is 1. The van der Waals surface area contributed by atoms with Crippen LogP contribution in [0.4, 0.5) is 4.79 Å². The minimum absolute atomic E-state index is 0.0589. The van der Waals surface area contributed by atoms with E-state index in [1.54, 1.807) is 0 Å². The number of hydrogen-bond donors (Lipinski definition) is 3. The van der Waals surface area contributed by atoms with E-state index in [0.29, 0.717) is 24.3 Å². The van der Waals surface area contributed by atoms with Crippen molar-refractivity contribution < 1.29 is 15.0 Å². The number of piperidine rings is 1. The summed E-state index contributed by atoms with van der Waals surface area (Å²) in [5.74, 6) is 2.61. The lowest BCUT2D eigenvalue weighted by Gasteiger charge is -2.37. The first kappa shape index (κ1) is 28.3. The number of fused-ring (bicyclic) bond motifs is 6. The van der Waals surface area contributed by atoms with Crippen LogP contribution >= 0.6 is 0 Å². The van der Waals surface area contributed by atoms with Crippen molar-refractivity contribution in [3.63, 3.8) is 0 Å². The number of H-pyrrole nitrogens is 1. The summed E-state index contributed by atoms with van der Waals surface area (Å²) < 4.78 is 1.83.